The number of nitrogens with zero attached hydrogens (tertiary/aromatic N) is 3. The molecule has 0 N–H and O–H groups in total. The van der Waals surface area contributed by atoms with Gasteiger partial charge in [-0.2, -0.15) is 13.2 Å². The molecule has 3 rings (SSSR count). The number of benzene rings is 1. The molecule has 25 heavy (non-hydrogen) atoms. The van der Waals surface area contributed by atoms with Crippen molar-refractivity contribution < 1.29 is 17.9 Å². The lowest BCUT2D eigenvalue weighted by Crippen LogP contribution is -2.43. The van der Waals surface area contributed by atoms with Crippen molar-refractivity contribution in [2.45, 2.75) is 32.0 Å². The number of halogens is 3. The molecule has 140 valence electrons. The summed E-state index contributed by atoms with van der Waals surface area (Å²) in [6.45, 7) is 5.01. The van der Waals surface area contributed by atoms with Gasteiger partial charge in [0.05, 0.1) is 18.8 Å². The smallest absolute Gasteiger partial charge is 0.378 e. The highest BCUT2D eigenvalue weighted by atomic mass is 19.4. The Labute approximate surface area is 147 Å². The fourth-order valence-electron chi connectivity index (χ4n) is 3.54. The van der Waals surface area contributed by atoms with Crippen molar-refractivity contribution in [3.8, 4) is 0 Å². The highest BCUT2D eigenvalue weighted by molar-refractivity contribution is 5.56. The average molecular weight is 357 g/mol. The lowest BCUT2D eigenvalue weighted by Gasteiger charge is -2.37. The van der Waals surface area contributed by atoms with Gasteiger partial charge in [0.1, 0.15) is 0 Å². The standard InChI is InChI=1S/C18H26F3N3O/c1-22(24-7-3-2-4-8-24)14-15-5-6-16(18(19,20)21)13-17(15)23-9-11-25-12-10-23/h5-6,13H,2-4,7-12,14H2,1H3. The van der Waals surface area contributed by atoms with E-state index in [4.69, 9.17) is 4.74 Å². The van der Waals surface area contributed by atoms with E-state index in [-0.39, 0.29) is 0 Å². The van der Waals surface area contributed by atoms with Crippen LogP contribution in [0.2, 0.25) is 0 Å². The number of alkyl halides is 3. The van der Waals surface area contributed by atoms with Crippen LogP contribution in [-0.2, 0) is 17.5 Å². The molecule has 1 aromatic carbocycles. The molecular weight excluding hydrogens is 331 g/mol. The zero-order chi connectivity index (χ0) is 17.9. The molecule has 0 saturated carbocycles. The number of hydrogen-bond acceptors (Lipinski definition) is 4. The van der Waals surface area contributed by atoms with Crippen LogP contribution in [0.3, 0.4) is 0 Å². The Bertz CT molecular complexity index is 567. The molecule has 0 bridgehead atoms. The zero-order valence-corrected chi connectivity index (χ0v) is 14.7. The summed E-state index contributed by atoms with van der Waals surface area (Å²) in [6.07, 6.45) is -0.719. The van der Waals surface area contributed by atoms with Gasteiger partial charge in [0, 0.05) is 45.5 Å². The maximum Gasteiger partial charge on any atom is 0.416 e. The second-order valence-corrected chi connectivity index (χ2v) is 6.77. The van der Waals surface area contributed by atoms with Gasteiger partial charge >= 0.3 is 6.18 Å². The van der Waals surface area contributed by atoms with Gasteiger partial charge in [-0.3, -0.25) is 0 Å². The lowest BCUT2D eigenvalue weighted by atomic mass is 10.1. The Morgan fingerprint density at radius 2 is 1.72 bits per heavy atom. The first-order valence-electron chi connectivity index (χ1n) is 8.94. The van der Waals surface area contributed by atoms with E-state index in [1.54, 1.807) is 6.07 Å². The Hall–Kier alpha value is -1.31. The minimum atomic E-state index is -4.32. The summed E-state index contributed by atoms with van der Waals surface area (Å²) in [4.78, 5) is 2.01. The number of morpholine rings is 1. The number of ether oxygens (including phenoxy) is 1. The van der Waals surface area contributed by atoms with E-state index in [2.05, 4.69) is 10.0 Å². The second-order valence-electron chi connectivity index (χ2n) is 6.77. The molecule has 0 unspecified atom stereocenters. The third-order valence-corrected chi connectivity index (χ3v) is 4.98. The van der Waals surface area contributed by atoms with Gasteiger partial charge in [0.25, 0.3) is 0 Å². The third-order valence-electron chi connectivity index (χ3n) is 4.98. The number of piperidine rings is 1. The van der Waals surface area contributed by atoms with Crippen LogP contribution in [0.25, 0.3) is 0 Å². The van der Waals surface area contributed by atoms with E-state index in [1.807, 2.05) is 11.9 Å². The Balaban J connectivity index is 1.83. The van der Waals surface area contributed by atoms with Gasteiger partial charge < -0.3 is 9.64 Å². The molecule has 0 spiro atoms. The van der Waals surface area contributed by atoms with Crippen molar-refractivity contribution in [2.75, 3.05) is 51.3 Å². The van der Waals surface area contributed by atoms with E-state index in [0.717, 1.165) is 18.7 Å². The summed E-state index contributed by atoms with van der Waals surface area (Å²) in [5.74, 6) is 0. The van der Waals surface area contributed by atoms with Crippen molar-refractivity contribution in [1.82, 2.24) is 10.0 Å². The maximum absolute atomic E-state index is 13.2. The minimum absolute atomic E-state index is 0.553. The monoisotopic (exact) mass is 357 g/mol. The average Bonchev–Trinajstić information content (AvgIpc) is 2.62. The predicted octanol–water partition coefficient (Wildman–Crippen LogP) is 3.37. The molecule has 7 heteroatoms. The van der Waals surface area contributed by atoms with E-state index >= 15 is 0 Å². The van der Waals surface area contributed by atoms with E-state index in [1.165, 1.54) is 31.4 Å². The lowest BCUT2D eigenvalue weighted by molar-refractivity contribution is -0.137. The summed E-state index contributed by atoms with van der Waals surface area (Å²) in [5, 5.41) is 4.44. The Kier molecular flexibility index (Phi) is 5.86. The Morgan fingerprint density at radius 1 is 1.04 bits per heavy atom. The molecule has 2 fully saturated rings. The van der Waals surface area contributed by atoms with Crippen molar-refractivity contribution in [2.24, 2.45) is 0 Å². The zero-order valence-electron chi connectivity index (χ0n) is 14.7. The van der Waals surface area contributed by atoms with Crippen LogP contribution >= 0.6 is 0 Å². The van der Waals surface area contributed by atoms with Crippen LogP contribution in [0.5, 0.6) is 0 Å². The van der Waals surface area contributed by atoms with Crippen molar-refractivity contribution in [3.05, 3.63) is 29.3 Å². The molecule has 1 aromatic rings. The highest BCUT2D eigenvalue weighted by Gasteiger charge is 2.32. The van der Waals surface area contributed by atoms with Gasteiger partial charge in [-0.1, -0.05) is 12.5 Å². The van der Waals surface area contributed by atoms with E-state index in [9.17, 15) is 13.2 Å². The number of hydrazine groups is 1. The number of rotatable bonds is 4. The molecule has 2 saturated heterocycles. The first kappa shape index (κ1) is 18.5. The summed E-state index contributed by atoms with van der Waals surface area (Å²) < 4.78 is 44.8. The van der Waals surface area contributed by atoms with Gasteiger partial charge in [0.15, 0.2) is 0 Å². The predicted molar refractivity (Wildman–Crippen MR) is 91.4 cm³/mol. The van der Waals surface area contributed by atoms with E-state index < -0.39 is 11.7 Å². The van der Waals surface area contributed by atoms with Crippen LogP contribution in [0, 0.1) is 0 Å². The van der Waals surface area contributed by atoms with Crippen LogP contribution in [-0.4, -0.2) is 56.5 Å². The minimum Gasteiger partial charge on any atom is -0.378 e. The van der Waals surface area contributed by atoms with E-state index in [0.29, 0.717) is 38.5 Å². The van der Waals surface area contributed by atoms with Crippen LogP contribution in [0.15, 0.2) is 18.2 Å². The normalized spacial score (nSPS) is 20.3. The molecule has 0 aromatic heterocycles. The third kappa shape index (κ3) is 4.65. The van der Waals surface area contributed by atoms with Crippen molar-refractivity contribution in [1.29, 1.82) is 0 Å². The molecular formula is C18H26F3N3O. The summed E-state index contributed by atoms with van der Waals surface area (Å²) >= 11 is 0. The molecule has 4 nitrogen and oxygen atoms in total. The van der Waals surface area contributed by atoms with Gasteiger partial charge in [-0.25, -0.2) is 10.0 Å². The largest absolute Gasteiger partial charge is 0.416 e. The molecule has 0 aliphatic carbocycles. The summed E-state index contributed by atoms with van der Waals surface area (Å²) in [7, 11) is 2.02. The fourth-order valence-corrected chi connectivity index (χ4v) is 3.54. The second kappa shape index (κ2) is 7.93. The van der Waals surface area contributed by atoms with Crippen LogP contribution in [0.1, 0.15) is 30.4 Å². The van der Waals surface area contributed by atoms with Gasteiger partial charge in [-0.15, -0.1) is 0 Å². The fraction of sp³-hybridized carbons (Fsp3) is 0.667. The highest BCUT2D eigenvalue weighted by Crippen LogP contribution is 2.34. The first-order chi connectivity index (χ1) is 11.9. The molecule has 2 heterocycles. The van der Waals surface area contributed by atoms with Crippen molar-refractivity contribution in [3.63, 3.8) is 0 Å². The first-order valence-corrected chi connectivity index (χ1v) is 8.94. The SMILES string of the molecule is CN(Cc1ccc(C(F)(F)F)cc1N1CCOCC1)N1CCCCC1. The molecule has 0 amide bonds. The van der Waals surface area contributed by atoms with Crippen LogP contribution < -0.4 is 4.90 Å². The molecule has 2 aliphatic rings. The number of anilines is 1. The maximum atomic E-state index is 13.2. The Morgan fingerprint density at radius 3 is 2.36 bits per heavy atom. The van der Waals surface area contributed by atoms with Crippen LogP contribution in [0.4, 0.5) is 18.9 Å². The summed E-state index contributed by atoms with van der Waals surface area (Å²) in [6, 6.07) is 4.13. The molecule has 0 atom stereocenters. The van der Waals surface area contributed by atoms with Gasteiger partial charge in [0.2, 0.25) is 0 Å². The quantitative estimate of drug-likeness (QED) is 0.822. The van der Waals surface area contributed by atoms with Crippen molar-refractivity contribution >= 4 is 5.69 Å². The summed E-state index contributed by atoms with van der Waals surface area (Å²) in [5.41, 5.74) is 1.03. The molecule has 2 aliphatic heterocycles. The topological polar surface area (TPSA) is 19.0 Å². The number of hydrogen-bond donors (Lipinski definition) is 0. The van der Waals surface area contributed by atoms with Gasteiger partial charge in [-0.05, 0) is 30.5 Å². The molecule has 0 radical (unpaired) electrons.